The molecule has 0 saturated carbocycles. The quantitative estimate of drug-likeness (QED) is 0.159. The zero-order chi connectivity index (χ0) is 35.4. The highest BCUT2D eigenvalue weighted by Gasteiger charge is 2.30. The van der Waals surface area contributed by atoms with Crippen molar-refractivity contribution in [3.05, 3.63) is 108 Å². The molecule has 0 radical (unpaired) electrons. The van der Waals surface area contributed by atoms with Crippen molar-refractivity contribution in [1.82, 2.24) is 20.1 Å². The molecule has 50 heavy (non-hydrogen) atoms. The number of ether oxygens (including phenoxy) is 1. The number of para-hydroxylation sites is 1. The number of aromatic nitrogens is 3. The number of hydrogen-bond donors (Lipinski definition) is 2. The molecule has 12 nitrogen and oxygen atoms in total. The van der Waals surface area contributed by atoms with E-state index in [1.807, 2.05) is 43.3 Å². The van der Waals surface area contributed by atoms with Gasteiger partial charge in [-0.2, -0.15) is 0 Å². The Morgan fingerprint density at radius 3 is 2.34 bits per heavy atom. The lowest BCUT2D eigenvalue weighted by Gasteiger charge is -2.38. The number of halogens is 2. The summed E-state index contributed by atoms with van der Waals surface area (Å²) in [5.74, 6) is -0.790. The Labute approximate surface area is 288 Å². The molecule has 1 aliphatic heterocycles. The number of benzene rings is 3. The number of piperidine rings is 1. The van der Waals surface area contributed by atoms with Gasteiger partial charge in [-0.1, -0.05) is 24.3 Å². The Hall–Kier alpha value is -5.41. The van der Waals surface area contributed by atoms with E-state index in [9.17, 15) is 22.0 Å². The van der Waals surface area contributed by atoms with Crippen LogP contribution in [0.3, 0.4) is 0 Å². The molecule has 3 aromatic carbocycles. The second kappa shape index (κ2) is 14.6. The van der Waals surface area contributed by atoms with Gasteiger partial charge in [0.1, 0.15) is 17.4 Å². The van der Waals surface area contributed by atoms with Gasteiger partial charge in [0.25, 0.3) is 5.89 Å². The van der Waals surface area contributed by atoms with Crippen LogP contribution in [0, 0.1) is 25.5 Å². The van der Waals surface area contributed by atoms with Gasteiger partial charge in [-0.25, -0.2) is 27.0 Å². The minimum Gasteiger partial charge on any atom is -0.439 e. The second-order valence-electron chi connectivity index (χ2n) is 12.0. The predicted octanol–water partition coefficient (Wildman–Crippen LogP) is 6.89. The molecular weight excluding hydrogens is 668 g/mol. The van der Waals surface area contributed by atoms with Crippen molar-refractivity contribution < 1.29 is 31.1 Å². The normalized spacial score (nSPS) is 13.9. The fourth-order valence-corrected chi connectivity index (χ4v) is 6.33. The van der Waals surface area contributed by atoms with Crippen LogP contribution in [0.25, 0.3) is 11.5 Å². The number of carbonyl (C=O) groups excluding carboxylic acids is 1. The van der Waals surface area contributed by atoms with Gasteiger partial charge < -0.3 is 14.5 Å². The molecule has 2 aromatic heterocycles. The van der Waals surface area contributed by atoms with Gasteiger partial charge in [0.2, 0.25) is 21.8 Å². The first-order valence-corrected chi connectivity index (χ1v) is 17.7. The molecule has 1 aliphatic rings. The maximum absolute atomic E-state index is 14.9. The minimum atomic E-state index is -3.38. The third-order valence-corrected chi connectivity index (χ3v) is 8.78. The number of urea groups is 1. The largest absolute Gasteiger partial charge is 0.439 e. The molecule has 6 rings (SSSR count). The Kier molecular flexibility index (Phi) is 10.1. The average Bonchev–Trinajstić information content (AvgIpc) is 3.51. The van der Waals surface area contributed by atoms with Crippen molar-refractivity contribution >= 4 is 33.1 Å². The fraction of sp³-hybridized carbons (Fsp3) is 0.257. The molecule has 0 atom stereocenters. The first-order valence-electron chi connectivity index (χ1n) is 15.8. The second-order valence-corrected chi connectivity index (χ2v) is 13.7. The third-order valence-electron chi connectivity index (χ3n) is 8.17. The SMILES string of the molecule is Cc1nnc(-c2cc(NC(=O)N(c3ccccc3)C3CCN(Cc4ccc(Oc5ccc(NS(C)(=O)=O)cc5)nc4C)CC3)c(F)cc2F)o1. The summed E-state index contributed by atoms with van der Waals surface area (Å²) in [6, 6.07) is 20.5. The van der Waals surface area contributed by atoms with E-state index in [1.165, 1.54) is 0 Å². The maximum Gasteiger partial charge on any atom is 0.326 e. The highest BCUT2D eigenvalue weighted by atomic mass is 32.2. The van der Waals surface area contributed by atoms with Crippen molar-refractivity contribution in [1.29, 1.82) is 0 Å². The van der Waals surface area contributed by atoms with Gasteiger partial charge in [-0.05, 0) is 67.8 Å². The summed E-state index contributed by atoms with van der Waals surface area (Å²) in [4.78, 5) is 22.3. The van der Waals surface area contributed by atoms with Crippen LogP contribution in [0.5, 0.6) is 11.6 Å². The number of rotatable bonds is 10. The summed E-state index contributed by atoms with van der Waals surface area (Å²) in [5.41, 5.74) is 2.58. The number of likely N-dealkylation sites (tertiary alicyclic amines) is 1. The number of pyridine rings is 1. The Balaban J connectivity index is 1.10. The lowest BCUT2D eigenvalue weighted by atomic mass is 10.0. The fourth-order valence-electron chi connectivity index (χ4n) is 5.77. The van der Waals surface area contributed by atoms with Crippen LogP contribution >= 0.6 is 0 Å². The molecule has 0 unspecified atom stereocenters. The minimum absolute atomic E-state index is 0.119. The van der Waals surface area contributed by atoms with Crippen LogP contribution < -0.4 is 19.7 Å². The number of aryl methyl sites for hydroxylation is 2. The molecule has 2 N–H and O–H groups in total. The smallest absolute Gasteiger partial charge is 0.326 e. The number of hydrogen-bond acceptors (Lipinski definition) is 9. The average molecular weight is 704 g/mol. The van der Waals surface area contributed by atoms with Crippen molar-refractivity contribution in [2.75, 3.05) is 34.3 Å². The van der Waals surface area contributed by atoms with Crippen LogP contribution in [-0.4, -0.2) is 59.9 Å². The molecule has 0 spiro atoms. The van der Waals surface area contributed by atoms with Crippen molar-refractivity contribution in [3.8, 4) is 23.1 Å². The zero-order valence-electron chi connectivity index (χ0n) is 27.6. The zero-order valence-corrected chi connectivity index (χ0v) is 28.4. The molecule has 1 fully saturated rings. The summed E-state index contributed by atoms with van der Waals surface area (Å²) in [6.45, 7) is 5.50. The molecular formula is C35H35F2N7O5S. The Bertz CT molecular complexity index is 2090. The molecule has 260 valence electrons. The van der Waals surface area contributed by atoms with Crippen molar-refractivity contribution in [2.24, 2.45) is 0 Å². The van der Waals surface area contributed by atoms with Gasteiger partial charge in [-0.3, -0.25) is 14.5 Å². The number of amides is 2. The first kappa shape index (κ1) is 34.5. The van der Waals surface area contributed by atoms with E-state index in [-0.39, 0.29) is 29.1 Å². The highest BCUT2D eigenvalue weighted by molar-refractivity contribution is 7.92. The maximum atomic E-state index is 14.9. The molecule has 3 heterocycles. The third kappa shape index (κ3) is 8.41. The van der Waals surface area contributed by atoms with Crippen LogP contribution in [0.15, 0.2) is 83.3 Å². The number of anilines is 3. The Morgan fingerprint density at radius 1 is 0.980 bits per heavy atom. The van der Waals surface area contributed by atoms with Gasteiger partial charge >= 0.3 is 6.03 Å². The molecule has 15 heteroatoms. The summed E-state index contributed by atoms with van der Waals surface area (Å²) in [6.07, 6.45) is 2.39. The molecule has 0 aliphatic carbocycles. The van der Waals surface area contributed by atoms with Gasteiger partial charge in [0.15, 0.2) is 0 Å². The van der Waals surface area contributed by atoms with Crippen LogP contribution in [-0.2, 0) is 16.6 Å². The van der Waals surface area contributed by atoms with E-state index in [0.717, 1.165) is 23.6 Å². The summed E-state index contributed by atoms with van der Waals surface area (Å²) in [5, 5.41) is 10.2. The van der Waals surface area contributed by atoms with E-state index < -0.39 is 27.7 Å². The monoisotopic (exact) mass is 703 g/mol. The van der Waals surface area contributed by atoms with Crippen molar-refractivity contribution in [3.63, 3.8) is 0 Å². The predicted molar refractivity (Wildman–Crippen MR) is 185 cm³/mol. The van der Waals surface area contributed by atoms with E-state index in [1.54, 1.807) is 42.2 Å². The van der Waals surface area contributed by atoms with Crippen LogP contribution in [0.4, 0.5) is 30.6 Å². The lowest BCUT2D eigenvalue weighted by molar-refractivity contribution is 0.199. The molecule has 5 aromatic rings. The van der Waals surface area contributed by atoms with Gasteiger partial charge in [0.05, 0.1) is 17.5 Å². The van der Waals surface area contributed by atoms with E-state index >= 15 is 0 Å². The first-order chi connectivity index (χ1) is 23.9. The molecule has 1 saturated heterocycles. The topological polar surface area (TPSA) is 143 Å². The van der Waals surface area contributed by atoms with Crippen LogP contribution in [0.2, 0.25) is 0 Å². The van der Waals surface area contributed by atoms with E-state index in [4.69, 9.17) is 9.15 Å². The molecule has 2 amide bonds. The lowest BCUT2D eigenvalue weighted by Crippen LogP contribution is -2.49. The van der Waals surface area contributed by atoms with E-state index in [2.05, 4.69) is 30.1 Å². The highest BCUT2D eigenvalue weighted by Crippen LogP contribution is 2.30. The number of carbonyl (C=O) groups is 1. The van der Waals surface area contributed by atoms with Gasteiger partial charge in [-0.15, -0.1) is 10.2 Å². The van der Waals surface area contributed by atoms with Crippen molar-refractivity contribution in [2.45, 2.75) is 39.3 Å². The number of sulfonamides is 1. The summed E-state index contributed by atoms with van der Waals surface area (Å²) >= 11 is 0. The summed E-state index contributed by atoms with van der Waals surface area (Å²) in [7, 11) is -3.38. The summed E-state index contributed by atoms with van der Waals surface area (Å²) < 4.78 is 66.1. The standard InChI is InChI=1S/C35H35F2N7O5S/c1-22-24(9-14-33(38-22)49-28-12-10-25(11-13-28)42-50(3,46)47)21-43-17-15-27(16-18-43)44(26-7-5-4-6-8-26)35(45)39-32-19-29(30(36)20-31(32)37)34-41-40-23(2)48-34/h4-14,19-20,27,42H,15-18,21H2,1-3H3,(H,39,45). The van der Waals surface area contributed by atoms with Gasteiger partial charge in [0, 0.05) is 61.8 Å². The number of nitrogens with zero attached hydrogens (tertiary/aromatic N) is 5. The number of nitrogens with one attached hydrogen (secondary N) is 2. The van der Waals surface area contributed by atoms with E-state index in [0.29, 0.717) is 61.5 Å². The molecule has 0 bridgehead atoms. The van der Waals surface area contributed by atoms with Crippen LogP contribution in [0.1, 0.15) is 30.0 Å². The Morgan fingerprint density at radius 2 is 1.70 bits per heavy atom.